The Morgan fingerprint density at radius 3 is 2.53 bits per heavy atom. The summed E-state index contributed by atoms with van der Waals surface area (Å²) in [5.41, 5.74) is 2.78. The van der Waals surface area contributed by atoms with Crippen LogP contribution in [-0.4, -0.2) is 45.3 Å². The molecule has 30 heavy (non-hydrogen) atoms. The molecule has 1 aromatic carbocycles. The van der Waals surface area contributed by atoms with Crippen LogP contribution >= 0.6 is 0 Å². The molecule has 3 heterocycles. The largest absolute Gasteiger partial charge is 0.487 e. The van der Waals surface area contributed by atoms with Crippen molar-refractivity contribution >= 4 is 11.9 Å². The van der Waals surface area contributed by atoms with Crippen LogP contribution in [0.1, 0.15) is 53.2 Å². The number of hydrogen-bond acceptors (Lipinski definition) is 6. The van der Waals surface area contributed by atoms with E-state index in [0.717, 1.165) is 30.4 Å². The molecule has 1 aliphatic carbocycles. The molecule has 0 unspecified atom stereocenters. The van der Waals surface area contributed by atoms with Crippen molar-refractivity contribution in [1.82, 2.24) is 25.5 Å². The van der Waals surface area contributed by atoms with Crippen molar-refractivity contribution in [2.75, 3.05) is 18.0 Å². The van der Waals surface area contributed by atoms with Crippen LogP contribution in [0.3, 0.4) is 0 Å². The highest BCUT2D eigenvalue weighted by atomic mass is 16.5. The second-order valence-corrected chi connectivity index (χ2v) is 7.99. The maximum atomic E-state index is 12.1. The van der Waals surface area contributed by atoms with E-state index in [4.69, 9.17) is 4.74 Å². The molecule has 2 fully saturated rings. The van der Waals surface area contributed by atoms with Gasteiger partial charge in [-0.05, 0) is 48.9 Å². The minimum atomic E-state index is -0.154. The number of nitrogens with zero attached hydrogens (tertiary/aromatic N) is 4. The molecule has 0 spiro atoms. The van der Waals surface area contributed by atoms with Crippen LogP contribution in [0.25, 0.3) is 0 Å². The van der Waals surface area contributed by atoms with Gasteiger partial charge in [0.15, 0.2) is 0 Å². The summed E-state index contributed by atoms with van der Waals surface area (Å²) in [6.45, 7) is 3.51. The van der Waals surface area contributed by atoms with Gasteiger partial charge in [-0.3, -0.25) is 9.89 Å². The number of carbonyl (C=O) groups excluding carboxylic acids is 1. The lowest BCUT2D eigenvalue weighted by molar-refractivity contribution is 0.0940. The molecule has 1 saturated carbocycles. The first-order valence-electron chi connectivity index (χ1n) is 10.3. The van der Waals surface area contributed by atoms with Gasteiger partial charge in [0.25, 0.3) is 5.91 Å². The lowest BCUT2D eigenvalue weighted by Crippen LogP contribution is -2.54. The quantitative estimate of drug-likeness (QED) is 0.629. The molecular weight excluding hydrogens is 380 g/mol. The number of carbonyl (C=O) groups is 1. The van der Waals surface area contributed by atoms with E-state index in [1.54, 1.807) is 6.20 Å². The Morgan fingerprint density at radius 1 is 1.17 bits per heavy atom. The fourth-order valence-electron chi connectivity index (χ4n) is 3.56. The second kappa shape index (κ2) is 7.78. The van der Waals surface area contributed by atoms with E-state index >= 15 is 0 Å². The predicted molar refractivity (Wildman–Crippen MR) is 112 cm³/mol. The zero-order chi connectivity index (χ0) is 20.5. The summed E-state index contributed by atoms with van der Waals surface area (Å²) in [6, 6.07) is 7.73. The van der Waals surface area contributed by atoms with Gasteiger partial charge in [-0.2, -0.15) is 5.10 Å². The molecule has 2 N–H and O–H groups in total. The normalized spacial score (nSPS) is 17.3. The molecule has 154 valence electrons. The van der Waals surface area contributed by atoms with Crippen LogP contribution in [0.15, 0.2) is 49.1 Å². The molecule has 0 bridgehead atoms. The van der Waals surface area contributed by atoms with Crippen LogP contribution in [0, 0.1) is 0 Å². The first kappa shape index (κ1) is 18.6. The number of hydrogen-bond donors (Lipinski definition) is 2. The van der Waals surface area contributed by atoms with Gasteiger partial charge >= 0.3 is 0 Å². The van der Waals surface area contributed by atoms with Gasteiger partial charge in [-0.25, -0.2) is 9.97 Å². The van der Waals surface area contributed by atoms with E-state index in [-0.39, 0.29) is 18.1 Å². The minimum Gasteiger partial charge on any atom is -0.487 e. The first-order chi connectivity index (χ1) is 14.7. The van der Waals surface area contributed by atoms with Crippen molar-refractivity contribution < 1.29 is 9.53 Å². The number of rotatable bonds is 7. The molecule has 3 aromatic rings. The highest BCUT2D eigenvalue weighted by molar-refractivity contribution is 5.93. The predicted octanol–water partition coefficient (Wildman–Crippen LogP) is 2.84. The summed E-state index contributed by atoms with van der Waals surface area (Å²) in [6.07, 6.45) is 9.65. The lowest BCUT2D eigenvalue weighted by atomic mass is 10.1. The van der Waals surface area contributed by atoms with Gasteiger partial charge in [0.2, 0.25) is 5.95 Å². The SMILES string of the molecule is C[C@H](NC(=O)c1cn[nH]c1)c1ccc(OC2CN(c3ncc(C4CC4)cn3)C2)cc1. The Bertz CT molecular complexity index is 993. The van der Waals surface area contributed by atoms with Crippen LogP contribution in [-0.2, 0) is 0 Å². The highest BCUT2D eigenvalue weighted by Crippen LogP contribution is 2.39. The summed E-state index contributed by atoms with van der Waals surface area (Å²) in [7, 11) is 0. The van der Waals surface area contributed by atoms with Crippen LogP contribution in [0.4, 0.5) is 5.95 Å². The number of anilines is 1. The molecule has 1 atom stereocenters. The summed E-state index contributed by atoms with van der Waals surface area (Å²) in [5, 5.41) is 9.40. The third kappa shape index (κ3) is 3.98. The van der Waals surface area contributed by atoms with E-state index in [1.165, 1.54) is 24.6 Å². The standard InChI is InChI=1S/C22H24N6O2/c1-14(27-21(29)18-10-25-26-11-18)15-4-6-19(7-5-15)30-20-12-28(13-20)22-23-8-17(9-24-22)16-2-3-16/h4-11,14,16,20H,2-3,12-13H2,1H3,(H,25,26)(H,27,29)/t14-/m0/s1. The summed E-state index contributed by atoms with van der Waals surface area (Å²) >= 11 is 0. The van der Waals surface area contributed by atoms with Crippen molar-refractivity contribution in [2.45, 2.75) is 37.8 Å². The van der Waals surface area contributed by atoms with E-state index in [2.05, 4.69) is 30.4 Å². The number of amides is 1. The van der Waals surface area contributed by atoms with Crippen LogP contribution in [0.5, 0.6) is 5.75 Å². The summed E-state index contributed by atoms with van der Waals surface area (Å²) in [4.78, 5) is 23.3. The van der Waals surface area contributed by atoms with E-state index in [1.807, 2.05) is 43.6 Å². The molecule has 0 radical (unpaired) electrons. The van der Waals surface area contributed by atoms with Crippen molar-refractivity contribution in [3.63, 3.8) is 0 Å². The topological polar surface area (TPSA) is 96.0 Å². The van der Waals surface area contributed by atoms with Crippen molar-refractivity contribution in [1.29, 1.82) is 0 Å². The molecular formula is C22H24N6O2. The summed E-state index contributed by atoms with van der Waals surface area (Å²) in [5.74, 6) is 2.12. The van der Waals surface area contributed by atoms with Gasteiger partial charge in [0.05, 0.1) is 30.9 Å². The van der Waals surface area contributed by atoms with Crippen molar-refractivity contribution in [2.24, 2.45) is 0 Å². The molecule has 2 aromatic heterocycles. The van der Waals surface area contributed by atoms with Gasteiger partial charge in [-0.15, -0.1) is 0 Å². The third-order valence-electron chi connectivity index (χ3n) is 5.63. The van der Waals surface area contributed by atoms with Gasteiger partial charge in [0.1, 0.15) is 11.9 Å². The van der Waals surface area contributed by atoms with Gasteiger partial charge < -0.3 is 15.0 Å². The zero-order valence-corrected chi connectivity index (χ0v) is 16.8. The van der Waals surface area contributed by atoms with Crippen LogP contribution < -0.4 is 15.0 Å². The molecule has 8 nitrogen and oxygen atoms in total. The van der Waals surface area contributed by atoms with E-state index in [0.29, 0.717) is 11.5 Å². The number of ether oxygens (including phenoxy) is 1. The Hall–Kier alpha value is -3.42. The lowest BCUT2D eigenvalue weighted by Gasteiger charge is -2.38. The fourth-order valence-corrected chi connectivity index (χ4v) is 3.56. The highest BCUT2D eigenvalue weighted by Gasteiger charge is 2.31. The number of nitrogens with one attached hydrogen (secondary N) is 2. The Labute approximate surface area is 174 Å². The van der Waals surface area contributed by atoms with E-state index < -0.39 is 0 Å². The Kier molecular flexibility index (Phi) is 4.82. The average molecular weight is 404 g/mol. The molecule has 2 aliphatic rings. The smallest absolute Gasteiger partial charge is 0.254 e. The van der Waals surface area contributed by atoms with E-state index in [9.17, 15) is 4.79 Å². The minimum absolute atomic E-state index is 0.114. The van der Waals surface area contributed by atoms with Gasteiger partial charge in [0, 0.05) is 18.6 Å². The number of aromatic nitrogens is 4. The number of aromatic amines is 1. The Morgan fingerprint density at radius 2 is 1.90 bits per heavy atom. The second-order valence-electron chi connectivity index (χ2n) is 7.99. The molecule has 1 aliphatic heterocycles. The molecule has 1 amide bonds. The maximum absolute atomic E-state index is 12.1. The monoisotopic (exact) mass is 404 g/mol. The fraction of sp³-hybridized carbons (Fsp3) is 0.364. The molecule has 8 heteroatoms. The molecule has 5 rings (SSSR count). The average Bonchev–Trinajstić information content (AvgIpc) is 3.44. The zero-order valence-electron chi connectivity index (χ0n) is 16.8. The molecule has 1 saturated heterocycles. The summed E-state index contributed by atoms with van der Waals surface area (Å²) < 4.78 is 6.05. The number of benzene rings is 1. The van der Waals surface area contributed by atoms with Crippen molar-refractivity contribution in [3.8, 4) is 5.75 Å². The number of H-pyrrole nitrogens is 1. The van der Waals surface area contributed by atoms with Crippen molar-refractivity contribution in [3.05, 3.63) is 65.7 Å². The van der Waals surface area contributed by atoms with Crippen LogP contribution in [0.2, 0.25) is 0 Å². The first-order valence-corrected chi connectivity index (χ1v) is 10.3. The van der Waals surface area contributed by atoms with Gasteiger partial charge in [-0.1, -0.05) is 12.1 Å². The maximum Gasteiger partial charge on any atom is 0.254 e. The third-order valence-corrected chi connectivity index (χ3v) is 5.63. The Balaban J connectivity index is 1.11.